The van der Waals surface area contributed by atoms with Gasteiger partial charge in [-0.3, -0.25) is 0 Å². The van der Waals surface area contributed by atoms with E-state index in [4.69, 9.17) is 14.2 Å². The molecule has 1 amide bonds. The van der Waals surface area contributed by atoms with Crippen LogP contribution in [0.3, 0.4) is 0 Å². The average molecular weight is 416 g/mol. The highest BCUT2D eigenvalue weighted by molar-refractivity contribution is 5.81. The van der Waals surface area contributed by atoms with Crippen molar-refractivity contribution in [3.05, 3.63) is 30.3 Å². The van der Waals surface area contributed by atoms with Gasteiger partial charge in [0.15, 0.2) is 0 Å². The largest absolute Gasteiger partial charge is 0.490 e. The van der Waals surface area contributed by atoms with Gasteiger partial charge in [-0.15, -0.1) is 0 Å². The smallest absolute Gasteiger partial charge is 0.416 e. The number of carbonyl (C=O) groups is 1. The van der Waals surface area contributed by atoms with Crippen LogP contribution in [0.15, 0.2) is 30.3 Å². The first-order valence-electron chi connectivity index (χ1n) is 10.8. The molecule has 0 saturated carbocycles. The van der Waals surface area contributed by atoms with Gasteiger partial charge in [-0.05, 0) is 57.9 Å². The maximum Gasteiger partial charge on any atom is 0.416 e. The Labute approximate surface area is 178 Å². The molecule has 1 fully saturated rings. The molecule has 0 bridgehead atoms. The Bertz CT molecular complexity index is 834. The molecule has 0 N–H and O–H groups in total. The standard InChI is InChI=1S/C23H33N3O4/c1-5-25(14-15-28-4)23(27)30-22-9-6-18-16-20(7-8-21(18)24-22)29-19-10-12-26(13-11-19)17(2)3/h6-9,16-17,19H,5,10-15H2,1-4H3. The normalized spacial score (nSPS) is 15.5. The number of aromatic nitrogens is 1. The Morgan fingerprint density at radius 3 is 2.67 bits per heavy atom. The molecule has 0 radical (unpaired) electrons. The first-order chi connectivity index (χ1) is 14.5. The number of hydrogen-bond acceptors (Lipinski definition) is 6. The summed E-state index contributed by atoms with van der Waals surface area (Å²) in [6, 6.07) is 10.1. The van der Waals surface area contributed by atoms with E-state index in [1.54, 1.807) is 18.1 Å². The summed E-state index contributed by atoms with van der Waals surface area (Å²) in [4.78, 5) is 20.8. The number of ether oxygens (including phenoxy) is 3. The molecule has 0 unspecified atom stereocenters. The number of amides is 1. The fourth-order valence-electron chi connectivity index (χ4n) is 3.65. The van der Waals surface area contributed by atoms with E-state index >= 15 is 0 Å². The predicted molar refractivity (Wildman–Crippen MR) is 117 cm³/mol. The maximum atomic E-state index is 12.3. The molecule has 1 aliphatic rings. The summed E-state index contributed by atoms with van der Waals surface area (Å²) < 4.78 is 16.7. The summed E-state index contributed by atoms with van der Waals surface area (Å²) in [5, 5.41) is 0.957. The third-order valence-electron chi connectivity index (χ3n) is 5.54. The van der Waals surface area contributed by atoms with E-state index in [-0.39, 0.29) is 12.0 Å². The minimum atomic E-state index is -0.422. The van der Waals surface area contributed by atoms with Crippen molar-refractivity contribution >= 4 is 17.0 Å². The topological polar surface area (TPSA) is 64.1 Å². The molecule has 0 atom stereocenters. The lowest BCUT2D eigenvalue weighted by Gasteiger charge is -2.34. The summed E-state index contributed by atoms with van der Waals surface area (Å²) in [6.07, 6.45) is 1.91. The number of benzene rings is 1. The molecule has 2 aromatic rings. The fourth-order valence-corrected chi connectivity index (χ4v) is 3.65. The van der Waals surface area contributed by atoms with Crippen LogP contribution < -0.4 is 9.47 Å². The van der Waals surface area contributed by atoms with Crippen LogP contribution in [-0.2, 0) is 4.74 Å². The Kier molecular flexibility index (Phi) is 7.87. The molecule has 1 saturated heterocycles. The van der Waals surface area contributed by atoms with Gasteiger partial charge in [0.25, 0.3) is 0 Å². The SMILES string of the molecule is CCN(CCOC)C(=O)Oc1ccc2cc(OC3CCN(C(C)C)CC3)ccc2n1. The van der Waals surface area contributed by atoms with Crippen molar-refractivity contribution in [1.82, 2.24) is 14.8 Å². The van der Waals surface area contributed by atoms with Crippen molar-refractivity contribution in [3.63, 3.8) is 0 Å². The van der Waals surface area contributed by atoms with E-state index in [2.05, 4.69) is 23.7 Å². The molecule has 164 valence electrons. The Hall–Kier alpha value is -2.38. The molecule has 1 aliphatic heterocycles. The van der Waals surface area contributed by atoms with Gasteiger partial charge >= 0.3 is 6.09 Å². The van der Waals surface area contributed by atoms with Crippen LogP contribution in [0.25, 0.3) is 10.9 Å². The fraction of sp³-hybridized carbons (Fsp3) is 0.565. The third-order valence-corrected chi connectivity index (χ3v) is 5.54. The van der Waals surface area contributed by atoms with Crippen LogP contribution in [0.5, 0.6) is 11.6 Å². The number of rotatable bonds is 8. The molecular formula is C23H33N3O4. The molecule has 3 rings (SSSR count). The minimum absolute atomic E-state index is 0.248. The number of nitrogens with zero attached hydrogens (tertiary/aromatic N) is 3. The van der Waals surface area contributed by atoms with E-state index < -0.39 is 6.09 Å². The first kappa shape index (κ1) is 22.3. The number of likely N-dealkylation sites (N-methyl/N-ethyl adjacent to an activating group) is 1. The first-order valence-corrected chi connectivity index (χ1v) is 10.8. The van der Waals surface area contributed by atoms with Crippen molar-refractivity contribution in [2.45, 2.75) is 45.8 Å². The summed E-state index contributed by atoms with van der Waals surface area (Å²) in [6.45, 7) is 10.0. The lowest BCUT2D eigenvalue weighted by Crippen LogP contribution is -2.41. The van der Waals surface area contributed by atoms with Crippen LogP contribution in [-0.4, -0.2) is 72.9 Å². The highest BCUT2D eigenvalue weighted by Gasteiger charge is 2.22. The van der Waals surface area contributed by atoms with E-state index in [0.29, 0.717) is 25.7 Å². The zero-order valence-corrected chi connectivity index (χ0v) is 18.5. The Balaban J connectivity index is 1.61. The lowest BCUT2D eigenvalue weighted by atomic mass is 10.1. The number of hydrogen-bond donors (Lipinski definition) is 0. The van der Waals surface area contributed by atoms with Gasteiger partial charge in [0.1, 0.15) is 11.9 Å². The highest BCUT2D eigenvalue weighted by Crippen LogP contribution is 2.25. The lowest BCUT2D eigenvalue weighted by molar-refractivity contribution is 0.0844. The number of piperidine rings is 1. The van der Waals surface area contributed by atoms with Crippen LogP contribution in [0.2, 0.25) is 0 Å². The second kappa shape index (κ2) is 10.6. The maximum absolute atomic E-state index is 12.3. The summed E-state index contributed by atoms with van der Waals surface area (Å²) in [5.41, 5.74) is 0.766. The highest BCUT2D eigenvalue weighted by atomic mass is 16.6. The van der Waals surface area contributed by atoms with Gasteiger partial charge < -0.3 is 24.0 Å². The molecule has 0 spiro atoms. The average Bonchev–Trinajstić information content (AvgIpc) is 2.74. The van der Waals surface area contributed by atoms with Gasteiger partial charge in [0, 0.05) is 50.8 Å². The van der Waals surface area contributed by atoms with E-state index in [1.807, 2.05) is 31.2 Å². The van der Waals surface area contributed by atoms with Crippen molar-refractivity contribution in [1.29, 1.82) is 0 Å². The van der Waals surface area contributed by atoms with Gasteiger partial charge in [0.05, 0.1) is 12.1 Å². The van der Waals surface area contributed by atoms with Crippen LogP contribution in [0.1, 0.15) is 33.6 Å². The Morgan fingerprint density at radius 1 is 1.23 bits per heavy atom. The number of fused-ring (bicyclic) bond motifs is 1. The molecular weight excluding hydrogens is 382 g/mol. The van der Waals surface area contributed by atoms with Crippen LogP contribution in [0.4, 0.5) is 4.79 Å². The zero-order valence-electron chi connectivity index (χ0n) is 18.5. The number of carbonyl (C=O) groups excluding carboxylic acids is 1. The molecule has 7 heteroatoms. The number of methoxy groups -OCH3 is 1. The van der Waals surface area contributed by atoms with E-state index in [0.717, 1.165) is 42.6 Å². The van der Waals surface area contributed by atoms with Gasteiger partial charge in [-0.1, -0.05) is 0 Å². The quantitative estimate of drug-likeness (QED) is 0.650. The summed E-state index contributed by atoms with van der Waals surface area (Å²) in [7, 11) is 1.61. The number of likely N-dealkylation sites (tertiary alicyclic amines) is 1. The van der Waals surface area contributed by atoms with Gasteiger partial charge in [-0.25, -0.2) is 9.78 Å². The predicted octanol–water partition coefficient (Wildman–Crippen LogP) is 3.95. The molecule has 1 aromatic heterocycles. The van der Waals surface area contributed by atoms with Crippen LogP contribution in [0, 0.1) is 0 Å². The monoisotopic (exact) mass is 415 g/mol. The molecule has 2 heterocycles. The molecule has 7 nitrogen and oxygen atoms in total. The zero-order chi connectivity index (χ0) is 21.5. The molecule has 30 heavy (non-hydrogen) atoms. The minimum Gasteiger partial charge on any atom is -0.490 e. The van der Waals surface area contributed by atoms with Gasteiger partial charge in [-0.2, -0.15) is 0 Å². The Morgan fingerprint density at radius 2 is 2.00 bits per heavy atom. The van der Waals surface area contributed by atoms with E-state index in [1.165, 1.54) is 0 Å². The van der Waals surface area contributed by atoms with E-state index in [9.17, 15) is 4.79 Å². The second-order valence-electron chi connectivity index (χ2n) is 7.89. The summed E-state index contributed by atoms with van der Waals surface area (Å²) >= 11 is 0. The van der Waals surface area contributed by atoms with Gasteiger partial charge in [0.2, 0.25) is 5.88 Å². The number of pyridine rings is 1. The molecule has 1 aromatic carbocycles. The second-order valence-corrected chi connectivity index (χ2v) is 7.89. The van der Waals surface area contributed by atoms with Crippen molar-refractivity contribution in [2.75, 3.05) is 39.9 Å². The summed E-state index contributed by atoms with van der Waals surface area (Å²) in [5.74, 6) is 1.15. The van der Waals surface area contributed by atoms with Crippen molar-refractivity contribution in [2.24, 2.45) is 0 Å². The van der Waals surface area contributed by atoms with Crippen LogP contribution >= 0.6 is 0 Å². The molecule has 0 aliphatic carbocycles. The van der Waals surface area contributed by atoms with Crippen molar-refractivity contribution in [3.8, 4) is 11.6 Å². The van der Waals surface area contributed by atoms with Crippen molar-refractivity contribution < 1.29 is 19.0 Å². The third kappa shape index (κ3) is 5.83.